The van der Waals surface area contributed by atoms with Gasteiger partial charge < -0.3 is 0 Å². The Labute approximate surface area is 97.3 Å². The molecule has 0 fully saturated rings. The van der Waals surface area contributed by atoms with Crippen molar-refractivity contribution in [2.75, 3.05) is 0 Å². The van der Waals surface area contributed by atoms with E-state index < -0.39 is 0 Å². The second kappa shape index (κ2) is 4.33. The van der Waals surface area contributed by atoms with Crippen LogP contribution in [0.25, 0.3) is 0 Å². The van der Waals surface area contributed by atoms with Crippen molar-refractivity contribution in [3.05, 3.63) is 57.5 Å². The lowest BCUT2D eigenvalue weighted by Gasteiger charge is -2.09. The molecule has 0 aliphatic heterocycles. The molecule has 0 bridgehead atoms. The molecule has 2 aromatic rings. The number of hydrogen-bond donors (Lipinski definition) is 0. The van der Waals surface area contributed by atoms with Gasteiger partial charge in [0.2, 0.25) is 0 Å². The van der Waals surface area contributed by atoms with Crippen LogP contribution in [-0.4, -0.2) is 0 Å². The smallest absolute Gasteiger partial charge is 0.123 e. The van der Waals surface area contributed by atoms with Crippen LogP contribution in [0.3, 0.4) is 0 Å². The molecule has 0 spiro atoms. The van der Waals surface area contributed by atoms with Gasteiger partial charge in [0.1, 0.15) is 5.82 Å². The van der Waals surface area contributed by atoms with Crippen molar-refractivity contribution in [3.8, 4) is 0 Å². The minimum Gasteiger partial charge on any atom is -0.207 e. The van der Waals surface area contributed by atoms with Gasteiger partial charge in [0.25, 0.3) is 0 Å². The first-order valence-electron chi connectivity index (χ1n) is 4.60. The van der Waals surface area contributed by atoms with Gasteiger partial charge in [0.15, 0.2) is 0 Å². The second-order valence-corrected chi connectivity index (χ2v) is 4.60. The van der Waals surface area contributed by atoms with E-state index in [0.717, 1.165) is 11.1 Å². The molecule has 15 heavy (non-hydrogen) atoms. The predicted molar refractivity (Wildman–Crippen MR) is 63.2 cm³/mol. The summed E-state index contributed by atoms with van der Waals surface area (Å²) in [5.41, 5.74) is 3.22. The molecule has 3 heteroatoms. The zero-order valence-corrected chi connectivity index (χ0v) is 9.78. The van der Waals surface area contributed by atoms with Gasteiger partial charge in [-0.05, 0) is 46.5 Å². The molecule has 1 aromatic heterocycles. The van der Waals surface area contributed by atoms with Crippen molar-refractivity contribution in [1.82, 2.24) is 0 Å². The Morgan fingerprint density at radius 1 is 1.20 bits per heavy atom. The SMILES string of the molecule is Cc1cscc1C(Cl)c1ccc(F)cc1. The summed E-state index contributed by atoms with van der Waals surface area (Å²) in [6.07, 6.45) is 0. The highest BCUT2D eigenvalue weighted by molar-refractivity contribution is 7.08. The fourth-order valence-electron chi connectivity index (χ4n) is 1.44. The summed E-state index contributed by atoms with van der Waals surface area (Å²) < 4.78 is 12.7. The van der Waals surface area contributed by atoms with Crippen LogP contribution in [0.4, 0.5) is 4.39 Å². The van der Waals surface area contributed by atoms with E-state index in [-0.39, 0.29) is 11.2 Å². The summed E-state index contributed by atoms with van der Waals surface area (Å²) in [7, 11) is 0. The molecule has 0 saturated heterocycles. The van der Waals surface area contributed by atoms with Gasteiger partial charge >= 0.3 is 0 Å². The molecular weight excluding hydrogens is 231 g/mol. The van der Waals surface area contributed by atoms with Gasteiger partial charge in [-0.3, -0.25) is 0 Å². The topological polar surface area (TPSA) is 0 Å². The van der Waals surface area contributed by atoms with Crippen molar-refractivity contribution in [2.24, 2.45) is 0 Å². The minimum absolute atomic E-state index is 0.183. The Bertz CT molecular complexity index is 447. The van der Waals surface area contributed by atoms with Gasteiger partial charge in [-0.2, -0.15) is 11.3 Å². The zero-order valence-electron chi connectivity index (χ0n) is 8.21. The fourth-order valence-corrected chi connectivity index (χ4v) is 2.77. The summed E-state index contributed by atoms with van der Waals surface area (Å²) in [5.74, 6) is -0.232. The zero-order chi connectivity index (χ0) is 10.8. The Balaban J connectivity index is 2.32. The largest absolute Gasteiger partial charge is 0.207 e. The lowest BCUT2D eigenvalue weighted by Crippen LogP contribution is -1.93. The standard InChI is InChI=1S/C12H10ClFS/c1-8-6-15-7-11(8)12(13)9-2-4-10(14)5-3-9/h2-7,12H,1H3. The van der Waals surface area contributed by atoms with E-state index in [2.05, 4.69) is 5.38 Å². The quantitative estimate of drug-likeness (QED) is 0.677. The van der Waals surface area contributed by atoms with Gasteiger partial charge in [0.05, 0.1) is 5.38 Å². The predicted octanol–water partition coefficient (Wildman–Crippen LogP) is 4.52. The maximum absolute atomic E-state index is 12.7. The van der Waals surface area contributed by atoms with Crippen LogP contribution >= 0.6 is 22.9 Å². The molecule has 78 valence electrons. The maximum atomic E-state index is 12.7. The Hall–Kier alpha value is -0.860. The third-order valence-corrected chi connectivity index (χ3v) is 3.70. The van der Waals surface area contributed by atoms with E-state index >= 15 is 0 Å². The molecule has 1 aromatic carbocycles. The molecule has 2 rings (SSSR count). The highest BCUT2D eigenvalue weighted by Gasteiger charge is 2.13. The van der Waals surface area contributed by atoms with E-state index in [1.54, 1.807) is 23.5 Å². The number of hydrogen-bond acceptors (Lipinski definition) is 1. The van der Waals surface area contributed by atoms with Crippen molar-refractivity contribution < 1.29 is 4.39 Å². The fraction of sp³-hybridized carbons (Fsp3) is 0.167. The molecule has 0 nitrogen and oxygen atoms in total. The van der Waals surface area contributed by atoms with Gasteiger partial charge in [-0.15, -0.1) is 11.6 Å². The Morgan fingerprint density at radius 2 is 1.87 bits per heavy atom. The maximum Gasteiger partial charge on any atom is 0.123 e. The molecule has 0 aliphatic carbocycles. The van der Waals surface area contributed by atoms with Crippen molar-refractivity contribution in [2.45, 2.75) is 12.3 Å². The molecule has 0 aliphatic rings. The normalized spacial score (nSPS) is 12.7. The molecule has 1 unspecified atom stereocenters. The van der Waals surface area contributed by atoms with E-state index in [1.807, 2.05) is 12.3 Å². The Morgan fingerprint density at radius 3 is 2.40 bits per heavy atom. The van der Waals surface area contributed by atoms with Crippen LogP contribution in [-0.2, 0) is 0 Å². The third-order valence-electron chi connectivity index (χ3n) is 2.33. The number of benzene rings is 1. The van der Waals surface area contributed by atoms with Crippen LogP contribution in [0.15, 0.2) is 35.0 Å². The van der Waals surface area contributed by atoms with E-state index in [1.165, 1.54) is 17.7 Å². The van der Waals surface area contributed by atoms with E-state index in [4.69, 9.17) is 11.6 Å². The van der Waals surface area contributed by atoms with Gasteiger partial charge in [0, 0.05) is 0 Å². The van der Waals surface area contributed by atoms with Gasteiger partial charge in [-0.1, -0.05) is 12.1 Å². The minimum atomic E-state index is -0.232. The lowest BCUT2D eigenvalue weighted by molar-refractivity contribution is 0.627. The highest BCUT2D eigenvalue weighted by Crippen LogP contribution is 2.32. The van der Waals surface area contributed by atoms with Crippen molar-refractivity contribution in [1.29, 1.82) is 0 Å². The molecule has 1 atom stereocenters. The summed E-state index contributed by atoms with van der Waals surface area (Å²) in [5, 5.41) is 3.92. The molecule has 1 heterocycles. The number of alkyl halides is 1. The van der Waals surface area contributed by atoms with E-state index in [0.29, 0.717) is 0 Å². The number of rotatable bonds is 2. The Kier molecular flexibility index (Phi) is 3.08. The summed E-state index contributed by atoms with van der Waals surface area (Å²) in [6.45, 7) is 2.03. The van der Waals surface area contributed by atoms with Crippen LogP contribution in [0.1, 0.15) is 22.1 Å². The monoisotopic (exact) mass is 240 g/mol. The number of halogens is 2. The first kappa shape index (κ1) is 10.7. The highest BCUT2D eigenvalue weighted by atomic mass is 35.5. The van der Waals surface area contributed by atoms with Crippen LogP contribution in [0.2, 0.25) is 0 Å². The average molecular weight is 241 g/mol. The van der Waals surface area contributed by atoms with Crippen molar-refractivity contribution in [3.63, 3.8) is 0 Å². The summed E-state index contributed by atoms with van der Waals surface area (Å²) >= 11 is 7.95. The third kappa shape index (κ3) is 2.21. The van der Waals surface area contributed by atoms with Gasteiger partial charge in [-0.25, -0.2) is 4.39 Å². The molecule has 0 saturated carbocycles. The number of aryl methyl sites for hydroxylation is 1. The molecular formula is C12H10ClFS. The van der Waals surface area contributed by atoms with Crippen molar-refractivity contribution >= 4 is 22.9 Å². The van der Waals surface area contributed by atoms with E-state index in [9.17, 15) is 4.39 Å². The lowest BCUT2D eigenvalue weighted by atomic mass is 10.0. The van der Waals surface area contributed by atoms with Crippen LogP contribution < -0.4 is 0 Å². The van der Waals surface area contributed by atoms with Crippen LogP contribution in [0, 0.1) is 12.7 Å². The average Bonchev–Trinajstić information content (AvgIpc) is 2.65. The van der Waals surface area contributed by atoms with Crippen LogP contribution in [0.5, 0.6) is 0 Å². The molecule has 0 radical (unpaired) electrons. The first-order chi connectivity index (χ1) is 7.18. The molecule has 0 amide bonds. The summed E-state index contributed by atoms with van der Waals surface area (Å²) in [4.78, 5) is 0. The molecule has 0 N–H and O–H groups in total. The second-order valence-electron chi connectivity index (χ2n) is 3.42. The first-order valence-corrected chi connectivity index (χ1v) is 5.98. The number of thiophene rings is 1. The summed E-state index contributed by atoms with van der Waals surface area (Å²) in [6, 6.07) is 6.33.